The Labute approximate surface area is 171 Å². The summed E-state index contributed by atoms with van der Waals surface area (Å²) >= 11 is 0. The van der Waals surface area contributed by atoms with Crippen molar-refractivity contribution in [3.63, 3.8) is 0 Å². The quantitative estimate of drug-likeness (QED) is 0.542. The number of aliphatic hydroxyl groups excluding tert-OH is 1. The van der Waals surface area contributed by atoms with Gasteiger partial charge in [0.2, 0.25) is 5.75 Å². The Bertz CT molecular complexity index is 1130. The van der Waals surface area contributed by atoms with Crippen LogP contribution in [0.25, 0.3) is 11.4 Å². The van der Waals surface area contributed by atoms with Crippen molar-refractivity contribution in [1.29, 1.82) is 0 Å². The van der Waals surface area contributed by atoms with E-state index in [0.717, 1.165) is 10.1 Å². The molecule has 156 valence electrons. The van der Waals surface area contributed by atoms with Crippen LogP contribution in [0.5, 0.6) is 5.75 Å². The second kappa shape index (κ2) is 8.75. The summed E-state index contributed by atoms with van der Waals surface area (Å²) in [5.74, 6) is -2.78. The molecule has 3 N–H and O–H groups in total. The molecule has 3 aromatic rings. The highest BCUT2D eigenvalue weighted by molar-refractivity contribution is 5.89. The van der Waals surface area contributed by atoms with Gasteiger partial charge in [0.05, 0.1) is 6.61 Å². The molecule has 0 saturated heterocycles. The maximum absolute atomic E-state index is 13.2. The van der Waals surface area contributed by atoms with E-state index in [1.165, 1.54) is 19.2 Å². The summed E-state index contributed by atoms with van der Waals surface area (Å²) < 4.78 is 14.3. The molecule has 0 unspecified atom stereocenters. The molecule has 9 heteroatoms. The third-order valence-corrected chi connectivity index (χ3v) is 4.61. The van der Waals surface area contributed by atoms with Gasteiger partial charge in [-0.1, -0.05) is 24.3 Å². The number of nitrogens with zero attached hydrogens (tertiary/aromatic N) is 3. The lowest BCUT2D eigenvalue weighted by molar-refractivity contribution is 0.0686. The van der Waals surface area contributed by atoms with Gasteiger partial charge in [0.1, 0.15) is 11.6 Å². The van der Waals surface area contributed by atoms with E-state index < -0.39 is 23.0 Å². The molecule has 0 atom stereocenters. The zero-order chi connectivity index (χ0) is 21.8. The van der Waals surface area contributed by atoms with Gasteiger partial charge in [-0.25, -0.2) is 14.2 Å². The number of carboxylic acids is 1. The molecule has 0 aliphatic rings. The van der Waals surface area contributed by atoms with E-state index in [9.17, 15) is 29.3 Å². The highest BCUT2D eigenvalue weighted by Crippen LogP contribution is 2.31. The van der Waals surface area contributed by atoms with Crippen LogP contribution in [0, 0.1) is 5.82 Å². The van der Waals surface area contributed by atoms with Gasteiger partial charge in [0.15, 0.2) is 5.69 Å². The highest BCUT2D eigenvalue weighted by atomic mass is 19.1. The zero-order valence-electron chi connectivity index (χ0n) is 16.1. The lowest BCUT2D eigenvalue weighted by Gasteiger charge is -2.27. The molecule has 0 fully saturated rings. The predicted octanol–water partition coefficient (Wildman–Crippen LogP) is 1.99. The van der Waals surface area contributed by atoms with Crippen molar-refractivity contribution in [2.24, 2.45) is 7.05 Å². The van der Waals surface area contributed by atoms with Gasteiger partial charge in [-0.05, 0) is 29.8 Å². The topological polar surface area (TPSA) is 116 Å². The van der Waals surface area contributed by atoms with Crippen molar-refractivity contribution < 1.29 is 24.5 Å². The van der Waals surface area contributed by atoms with Gasteiger partial charge in [0, 0.05) is 31.4 Å². The van der Waals surface area contributed by atoms with Gasteiger partial charge in [-0.15, -0.1) is 0 Å². The lowest BCUT2D eigenvalue weighted by atomic mass is 10.1. The van der Waals surface area contributed by atoms with Crippen LogP contribution in [-0.4, -0.2) is 44.0 Å². The number of hydrogen-bond acceptors (Lipinski definition) is 6. The molecule has 0 saturated carbocycles. The minimum Gasteiger partial charge on any atom is -0.501 e. The van der Waals surface area contributed by atoms with Crippen LogP contribution >= 0.6 is 0 Å². The number of carbonyl (C=O) groups is 1. The smallest absolute Gasteiger partial charge is 0.358 e. The normalized spacial score (nSPS) is 10.8. The minimum atomic E-state index is -1.53. The molecular weight excluding hydrogens is 393 g/mol. The second-order valence-electron chi connectivity index (χ2n) is 6.59. The molecule has 8 nitrogen and oxygen atoms in total. The molecule has 1 aromatic heterocycles. The van der Waals surface area contributed by atoms with Crippen LogP contribution in [0.4, 0.5) is 10.1 Å². The first-order valence-corrected chi connectivity index (χ1v) is 9.06. The Kier molecular flexibility index (Phi) is 6.12. The van der Waals surface area contributed by atoms with Crippen LogP contribution in [0.1, 0.15) is 16.1 Å². The third-order valence-electron chi connectivity index (χ3n) is 4.61. The zero-order valence-corrected chi connectivity index (χ0v) is 16.1. The molecule has 2 aromatic carbocycles. The van der Waals surface area contributed by atoms with E-state index in [4.69, 9.17) is 0 Å². The van der Waals surface area contributed by atoms with Crippen LogP contribution in [0.2, 0.25) is 0 Å². The Morgan fingerprint density at radius 3 is 2.47 bits per heavy atom. The number of aliphatic hydroxyl groups is 1. The van der Waals surface area contributed by atoms with Gasteiger partial charge >= 0.3 is 5.97 Å². The van der Waals surface area contributed by atoms with Crippen LogP contribution in [0.3, 0.4) is 0 Å². The summed E-state index contributed by atoms with van der Waals surface area (Å²) in [4.78, 5) is 29.6. The summed E-state index contributed by atoms with van der Waals surface area (Å²) in [5.41, 5.74) is 0.184. The van der Waals surface area contributed by atoms with E-state index in [1.807, 2.05) is 4.90 Å². The minimum absolute atomic E-state index is 0.0489. The average Bonchev–Trinajstić information content (AvgIpc) is 2.73. The molecule has 1 heterocycles. The van der Waals surface area contributed by atoms with E-state index in [0.29, 0.717) is 17.8 Å². The number of carboxylic acid groups (broad SMARTS) is 1. The summed E-state index contributed by atoms with van der Waals surface area (Å²) in [6.07, 6.45) is 0. The third kappa shape index (κ3) is 4.15. The highest BCUT2D eigenvalue weighted by Gasteiger charge is 2.22. The molecule has 0 aliphatic carbocycles. The molecule has 0 spiro atoms. The number of benzene rings is 2. The van der Waals surface area contributed by atoms with Crippen molar-refractivity contribution >= 4 is 11.7 Å². The van der Waals surface area contributed by atoms with Crippen LogP contribution < -0.4 is 10.5 Å². The number of aromatic hydroxyl groups is 1. The van der Waals surface area contributed by atoms with Crippen molar-refractivity contribution in [2.75, 3.05) is 18.1 Å². The van der Waals surface area contributed by atoms with Gasteiger partial charge in [-0.3, -0.25) is 9.36 Å². The number of para-hydroxylation sites is 1. The van der Waals surface area contributed by atoms with Crippen molar-refractivity contribution in [3.05, 3.63) is 76.0 Å². The molecule has 0 bridgehead atoms. The first kappa shape index (κ1) is 21.0. The largest absolute Gasteiger partial charge is 0.501 e. The Morgan fingerprint density at radius 2 is 1.83 bits per heavy atom. The summed E-state index contributed by atoms with van der Waals surface area (Å²) in [6.45, 7) is 0.389. The van der Waals surface area contributed by atoms with E-state index in [1.54, 1.807) is 36.4 Å². The average molecular weight is 413 g/mol. The number of halogens is 1. The monoisotopic (exact) mass is 413 g/mol. The lowest BCUT2D eigenvalue weighted by Crippen LogP contribution is -2.28. The summed E-state index contributed by atoms with van der Waals surface area (Å²) in [6, 6.07) is 12.8. The van der Waals surface area contributed by atoms with Gasteiger partial charge in [0.25, 0.3) is 5.56 Å². The second-order valence-corrected chi connectivity index (χ2v) is 6.59. The van der Waals surface area contributed by atoms with Crippen molar-refractivity contribution in [1.82, 2.24) is 9.55 Å². The predicted molar refractivity (Wildman–Crippen MR) is 108 cm³/mol. The fourth-order valence-electron chi connectivity index (χ4n) is 3.13. The molecule has 0 aliphatic heterocycles. The molecule has 0 amide bonds. The Morgan fingerprint density at radius 1 is 1.17 bits per heavy atom. The Balaban J connectivity index is 2.14. The maximum Gasteiger partial charge on any atom is 0.358 e. The van der Waals surface area contributed by atoms with Crippen LogP contribution in [0.15, 0.2) is 53.3 Å². The van der Waals surface area contributed by atoms with Gasteiger partial charge < -0.3 is 20.2 Å². The van der Waals surface area contributed by atoms with Gasteiger partial charge in [-0.2, -0.15) is 0 Å². The molecule has 3 rings (SSSR count). The molecule has 30 heavy (non-hydrogen) atoms. The number of aromatic nitrogens is 2. The number of aromatic carboxylic acids is 1. The number of anilines is 1. The summed E-state index contributed by atoms with van der Waals surface area (Å²) in [5, 5.41) is 28.7. The van der Waals surface area contributed by atoms with Crippen LogP contribution in [-0.2, 0) is 13.6 Å². The van der Waals surface area contributed by atoms with Crippen molar-refractivity contribution in [3.8, 4) is 17.1 Å². The summed E-state index contributed by atoms with van der Waals surface area (Å²) in [7, 11) is 1.38. The van der Waals surface area contributed by atoms with E-state index in [2.05, 4.69) is 4.98 Å². The number of hydrogen-bond donors (Lipinski definition) is 3. The Hall–Kier alpha value is -3.72. The maximum atomic E-state index is 13.2. The SMILES string of the molecule is Cn1c(-c2ccccc2N(CCO)Cc2ccc(F)cc2)nc(C(=O)O)c(O)c1=O. The molecule has 0 radical (unpaired) electrons. The number of rotatable bonds is 7. The first-order valence-electron chi connectivity index (χ1n) is 9.06. The van der Waals surface area contributed by atoms with Crippen molar-refractivity contribution in [2.45, 2.75) is 6.54 Å². The van der Waals surface area contributed by atoms with E-state index in [-0.39, 0.29) is 24.8 Å². The van der Waals surface area contributed by atoms with E-state index >= 15 is 0 Å². The fourth-order valence-corrected chi connectivity index (χ4v) is 3.13. The first-order chi connectivity index (χ1) is 14.3. The fraction of sp³-hybridized carbons (Fsp3) is 0.190. The standard InChI is InChI=1S/C21H20FN3O5/c1-24-19(23-17(21(29)30)18(27)20(24)28)15-4-2-3-5-16(15)25(10-11-26)12-13-6-8-14(22)9-7-13/h2-9,26-27H,10-12H2,1H3,(H,29,30). The molecular formula is C21H20FN3O5.